The van der Waals surface area contributed by atoms with Gasteiger partial charge in [-0.3, -0.25) is 0 Å². The van der Waals surface area contributed by atoms with E-state index in [0.717, 1.165) is 12.8 Å². The normalized spacial score (nSPS) is 11.8. The Hall–Kier alpha value is -1.21. The molecule has 0 spiro atoms. The molecule has 0 atom stereocenters. The summed E-state index contributed by atoms with van der Waals surface area (Å²) in [6, 6.07) is 0. The zero-order chi connectivity index (χ0) is 14.3. The van der Waals surface area contributed by atoms with Gasteiger partial charge in [-0.2, -0.15) is 0 Å². The molecular formula is C12H22N4O2S. The van der Waals surface area contributed by atoms with Crippen molar-refractivity contribution in [2.75, 3.05) is 18.4 Å². The number of hydrogen-bond donors (Lipinski definition) is 2. The van der Waals surface area contributed by atoms with E-state index >= 15 is 0 Å². The standard InChI is InChI=1S/C12H22N4O2S/c1-4-13-12-14-8-11(9-15-12)19(17,18)16-7-5-6-10(2)3/h8-10,16H,4-7H2,1-3H3,(H,13,14,15). The van der Waals surface area contributed by atoms with Crippen molar-refractivity contribution in [3.05, 3.63) is 12.4 Å². The lowest BCUT2D eigenvalue weighted by atomic mass is 10.1. The first-order chi connectivity index (χ1) is 8.95. The van der Waals surface area contributed by atoms with Crippen LogP contribution in [0.1, 0.15) is 33.6 Å². The molecule has 2 N–H and O–H groups in total. The van der Waals surface area contributed by atoms with Gasteiger partial charge in [-0.15, -0.1) is 0 Å². The largest absolute Gasteiger partial charge is 0.355 e. The first kappa shape index (κ1) is 15.8. The van der Waals surface area contributed by atoms with Crippen LogP contribution in [0, 0.1) is 5.92 Å². The smallest absolute Gasteiger partial charge is 0.243 e. The van der Waals surface area contributed by atoms with E-state index in [1.165, 1.54) is 12.4 Å². The Morgan fingerprint density at radius 2 is 1.89 bits per heavy atom. The molecule has 0 radical (unpaired) electrons. The second-order valence-electron chi connectivity index (χ2n) is 4.71. The highest BCUT2D eigenvalue weighted by Gasteiger charge is 2.14. The molecule has 0 unspecified atom stereocenters. The minimum absolute atomic E-state index is 0.0960. The third-order valence-corrected chi connectivity index (χ3v) is 3.94. The van der Waals surface area contributed by atoms with Crippen molar-refractivity contribution >= 4 is 16.0 Å². The summed E-state index contributed by atoms with van der Waals surface area (Å²) in [6.45, 7) is 7.28. The maximum atomic E-state index is 11.9. The molecule has 0 saturated carbocycles. The summed E-state index contributed by atoms with van der Waals surface area (Å²) in [5.41, 5.74) is 0. The second kappa shape index (κ2) is 7.40. The Balaban J connectivity index is 2.56. The van der Waals surface area contributed by atoms with Crippen molar-refractivity contribution < 1.29 is 8.42 Å². The van der Waals surface area contributed by atoms with Crippen molar-refractivity contribution in [2.45, 2.75) is 38.5 Å². The van der Waals surface area contributed by atoms with Gasteiger partial charge in [0.15, 0.2) is 0 Å². The average molecular weight is 286 g/mol. The Labute approximate surface area is 115 Å². The highest BCUT2D eigenvalue weighted by atomic mass is 32.2. The van der Waals surface area contributed by atoms with Crippen LogP contribution in [0.15, 0.2) is 17.3 Å². The third-order valence-electron chi connectivity index (χ3n) is 2.52. The molecule has 0 bridgehead atoms. The fraction of sp³-hybridized carbons (Fsp3) is 0.667. The second-order valence-corrected chi connectivity index (χ2v) is 6.47. The van der Waals surface area contributed by atoms with Crippen LogP contribution in [-0.4, -0.2) is 31.5 Å². The molecule has 0 aliphatic heterocycles. The molecule has 6 nitrogen and oxygen atoms in total. The van der Waals surface area contributed by atoms with Crippen LogP contribution in [-0.2, 0) is 10.0 Å². The highest BCUT2D eigenvalue weighted by molar-refractivity contribution is 7.89. The quantitative estimate of drug-likeness (QED) is 0.709. The molecular weight excluding hydrogens is 264 g/mol. The molecule has 0 saturated heterocycles. The predicted molar refractivity (Wildman–Crippen MR) is 75.5 cm³/mol. The fourth-order valence-corrected chi connectivity index (χ4v) is 2.47. The molecule has 0 aromatic carbocycles. The van der Waals surface area contributed by atoms with Crippen LogP contribution in [0.2, 0.25) is 0 Å². The Morgan fingerprint density at radius 3 is 2.42 bits per heavy atom. The van der Waals surface area contributed by atoms with E-state index in [-0.39, 0.29) is 4.90 Å². The van der Waals surface area contributed by atoms with E-state index in [4.69, 9.17) is 0 Å². The number of nitrogens with zero attached hydrogens (tertiary/aromatic N) is 2. The summed E-state index contributed by atoms with van der Waals surface area (Å²) in [5, 5.41) is 2.91. The molecule has 1 rings (SSSR count). The molecule has 1 aromatic heterocycles. The summed E-state index contributed by atoms with van der Waals surface area (Å²) in [6.07, 6.45) is 4.46. The molecule has 1 aromatic rings. The maximum absolute atomic E-state index is 11.9. The van der Waals surface area contributed by atoms with Crippen molar-refractivity contribution in [3.8, 4) is 0 Å². The number of rotatable bonds is 8. The van der Waals surface area contributed by atoms with Gasteiger partial charge in [0, 0.05) is 13.1 Å². The first-order valence-electron chi connectivity index (χ1n) is 6.51. The van der Waals surface area contributed by atoms with Crippen molar-refractivity contribution in [1.29, 1.82) is 0 Å². The van der Waals surface area contributed by atoms with Gasteiger partial charge in [0.1, 0.15) is 4.90 Å². The number of anilines is 1. The predicted octanol–water partition coefficient (Wildman–Crippen LogP) is 1.62. The van der Waals surface area contributed by atoms with Gasteiger partial charge in [0.25, 0.3) is 0 Å². The van der Waals surface area contributed by atoms with Gasteiger partial charge in [0.05, 0.1) is 12.4 Å². The van der Waals surface area contributed by atoms with Gasteiger partial charge in [0.2, 0.25) is 16.0 Å². The first-order valence-corrected chi connectivity index (χ1v) is 7.99. The SMILES string of the molecule is CCNc1ncc(S(=O)(=O)NCCCC(C)C)cn1. The maximum Gasteiger partial charge on any atom is 0.243 e. The summed E-state index contributed by atoms with van der Waals surface area (Å²) in [7, 11) is -3.49. The number of hydrogen-bond acceptors (Lipinski definition) is 5. The van der Waals surface area contributed by atoms with E-state index in [2.05, 4.69) is 33.9 Å². The van der Waals surface area contributed by atoms with Crippen LogP contribution in [0.4, 0.5) is 5.95 Å². The zero-order valence-electron chi connectivity index (χ0n) is 11.7. The van der Waals surface area contributed by atoms with Crippen molar-refractivity contribution in [3.63, 3.8) is 0 Å². The van der Waals surface area contributed by atoms with E-state index < -0.39 is 10.0 Å². The highest BCUT2D eigenvalue weighted by Crippen LogP contribution is 2.08. The van der Waals surface area contributed by atoms with Gasteiger partial charge >= 0.3 is 0 Å². The molecule has 0 aliphatic rings. The average Bonchev–Trinajstić information content (AvgIpc) is 2.36. The van der Waals surface area contributed by atoms with E-state index in [1.807, 2.05) is 6.92 Å². The van der Waals surface area contributed by atoms with Gasteiger partial charge < -0.3 is 5.32 Å². The molecule has 0 amide bonds. The zero-order valence-corrected chi connectivity index (χ0v) is 12.5. The molecule has 0 aliphatic carbocycles. The van der Waals surface area contributed by atoms with Crippen molar-refractivity contribution in [1.82, 2.24) is 14.7 Å². The van der Waals surface area contributed by atoms with Gasteiger partial charge in [-0.05, 0) is 25.7 Å². The fourth-order valence-electron chi connectivity index (χ4n) is 1.50. The summed E-state index contributed by atoms with van der Waals surface area (Å²) in [5.74, 6) is 1.01. The number of nitrogens with one attached hydrogen (secondary N) is 2. The number of aromatic nitrogens is 2. The van der Waals surface area contributed by atoms with Gasteiger partial charge in [-0.1, -0.05) is 13.8 Å². The minimum atomic E-state index is -3.49. The van der Waals surface area contributed by atoms with Gasteiger partial charge in [-0.25, -0.2) is 23.1 Å². The molecule has 0 fully saturated rings. The van der Waals surface area contributed by atoms with E-state index in [0.29, 0.717) is 25.0 Å². The molecule has 19 heavy (non-hydrogen) atoms. The van der Waals surface area contributed by atoms with E-state index in [1.54, 1.807) is 0 Å². The van der Waals surface area contributed by atoms with Crippen molar-refractivity contribution in [2.24, 2.45) is 5.92 Å². The lowest BCUT2D eigenvalue weighted by Gasteiger charge is -2.08. The van der Waals surface area contributed by atoms with Crippen LogP contribution < -0.4 is 10.0 Å². The topological polar surface area (TPSA) is 84.0 Å². The Bertz CT molecular complexity index is 471. The Morgan fingerprint density at radius 1 is 1.26 bits per heavy atom. The van der Waals surface area contributed by atoms with Crippen LogP contribution in [0.25, 0.3) is 0 Å². The summed E-state index contributed by atoms with van der Waals surface area (Å²) < 4.78 is 26.4. The molecule has 1 heterocycles. The minimum Gasteiger partial charge on any atom is -0.355 e. The third kappa shape index (κ3) is 5.52. The molecule has 7 heteroatoms. The van der Waals surface area contributed by atoms with Crippen LogP contribution in [0.5, 0.6) is 0 Å². The molecule has 108 valence electrons. The summed E-state index contributed by atoms with van der Waals surface area (Å²) in [4.78, 5) is 8.00. The summed E-state index contributed by atoms with van der Waals surface area (Å²) >= 11 is 0. The lowest BCUT2D eigenvalue weighted by Crippen LogP contribution is -2.25. The van der Waals surface area contributed by atoms with E-state index in [9.17, 15) is 8.42 Å². The van der Waals surface area contributed by atoms with Crippen LogP contribution in [0.3, 0.4) is 0 Å². The monoisotopic (exact) mass is 286 g/mol. The lowest BCUT2D eigenvalue weighted by molar-refractivity contribution is 0.539. The Kier molecular flexibility index (Phi) is 6.17. The van der Waals surface area contributed by atoms with Crippen LogP contribution >= 0.6 is 0 Å². The number of sulfonamides is 1.